The maximum Gasteiger partial charge on any atom is 0.310 e. The van der Waals surface area contributed by atoms with Crippen LogP contribution in [0.25, 0.3) is 17.2 Å². The van der Waals surface area contributed by atoms with Crippen LogP contribution in [0, 0.1) is 12.3 Å². The van der Waals surface area contributed by atoms with Gasteiger partial charge in [-0.05, 0) is 118 Å². The number of anilines is 2. The number of nitrogens with zero attached hydrogens (tertiary/aromatic N) is 3. The Morgan fingerprint density at radius 2 is 1.70 bits per heavy atom. The van der Waals surface area contributed by atoms with Gasteiger partial charge in [0.1, 0.15) is 12.4 Å². The van der Waals surface area contributed by atoms with Gasteiger partial charge in [0.15, 0.2) is 0 Å². The topological polar surface area (TPSA) is 123 Å². The molecule has 1 aromatic heterocycles. The van der Waals surface area contributed by atoms with Crippen LogP contribution in [0.15, 0.2) is 83.5 Å². The number of amides is 1. The number of carbonyl (C=O) groups is 2. The molecule has 0 spiro atoms. The van der Waals surface area contributed by atoms with Gasteiger partial charge in [0, 0.05) is 53.8 Å². The minimum atomic E-state index is -1.28. The van der Waals surface area contributed by atoms with E-state index < -0.39 is 22.2 Å². The van der Waals surface area contributed by atoms with E-state index >= 15 is 0 Å². The van der Waals surface area contributed by atoms with Gasteiger partial charge in [-0.25, -0.2) is 4.98 Å². The lowest BCUT2D eigenvalue weighted by Gasteiger charge is -2.34. The summed E-state index contributed by atoms with van der Waals surface area (Å²) in [6.45, 7) is 13.3. The minimum absolute atomic E-state index is 0.211. The summed E-state index contributed by atoms with van der Waals surface area (Å²) in [5.74, 6) is 0.0200. The van der Waals surface area contributed by atoms with Crippen molar-refractivity contribution >= 4 is 40.1 Å². The number of aliphatic carboxylic acids is 1. The summed E-state index contributed by atoms with van der Waals surface area (Å²) >= 11 is 0. The fourth-order valence-electron chi connectivity index (χ4n) is 6.38. The fraction of sp³-hybridized carbons (Fsp3) is 0.419. The molecule has 10 nitrogen and oxygen atoms in total. The molecule has 2 N–H and O–H groups in total. The van der Waals surface area contributed by atoms with Gasteiger partial charge in [-0.3, -0.25) is 13.8 Å². The van der Waals surface area contributed by atoms with Crippen LogP contribution in [0.4, 0.5) is 11.4 Å². The van der Waals surface area contributed by atoms with Crippen LogP contribution in [-0.2, 0) is 37.4 Å². The summed E-state index contributed by atoms with van der Waals surface area (Å²) in [6, 6.07) is 21.2. The zero-order chi connectivity index (χ0) is 38.7. The molecule has 11 heteroatoms. The summed E-state index contributed by atoms with van der Waals surface area (Å²) in [5.41, 5.74) is 5.80. The van der Waals surface area contributed by atoms with E-state index in [2.05, 4.69) is 39.7 Å². The number of carbonyl (C=O) groups excluding carboxylic acids is 1. The highest BCUT2D eigenvalue weighted by molar-refractivity contribution is 7.84. The monoisotopic (exact) mass is 754 g/mol. The summed E-state index contributed by atoms with van der Waals surface area (Å²) in [5, 5.41) is 13.0. The average Bonchev–Trinajstić information content (AvgIpc) is 3.49. The number of aromatic nitrogens is 2. The van der Waals surface area contributed by atoms with Crippen molar-refractivity contribution in [2.24, 2.45) is 5.41 Å². The number of unbranched alkanes of at least 4 members (excludes halogenated alkanes) is 1. The van der Waals surface area contributed by atoms with Crippen LogP contribution in [0.5, 0.6) is 5.75 Å². The van der Waals surface area contributed by atoms with Gasteiger partial charge >= 0.3 is 5.97 Å². The van der Waals surface area contributed by atoms with Crippen molar-refractivity contribution in [2.75, 3.05) is 43.1 Å². The highest BCUT2D eigenvalue weighted by atomic mass is 32.2. The molecule has 2 heterocycles. The van der Waals surface area contributed by atoms with E-state index in [4.69, 9.17) is 9.47 Å². The highest BCUT2D eigenvalue weighted by Crippen LogP contribution is 2.35. The van der Waals surface area contributed by atoms with Crippen molar-refractivity contribution in [3.8, 4) is 16.9 Å². The first-order valence-corrected chi connectivity index (χ1v) is 20.2. The first kappa shape index (κ1) is 40.4. The minimum Gasteiger partial charge on any atom is -0.491 e. The summed E-state index contributed by atoms with van der Waals surface area (Å²) in [6.07, 6.45) is 8.06. The molecule has 0 saturated heterocycles. The predicted molar refractivity (Wildman–Crippen MR) is 216 cm³/mol. The lowest BCUT2D eigenvalue weighted by Crippen LogP contribution is -2.40. The molecule has 1 atom stereocenters. The highest BCUT2D eigenvalue weighted by Gasteiger charge is 2.31. The molecular weight excluding hydrogens is 701 g/mol. The number of benzene rings is 3. The predicted octanol–water partition coefficient (Wildman–Crippen LogP) is 8.50. The largest absolute Gasteiger partial charge is 0.491 e. The lowest BCUT2D eigenvalue weighted by atomic mass is 9.91. The first-order valence-electron chi connectivity index (χ1n) is 18.9. The molecule has 4 aromatic rings. The molecule has 1 aliphatic rings. The number of hydrogen-bond donors (Lipinski definition) is 2. The van der Waals surface area contributed by atoms with Crippen LogP contribution in [0.3, 0.4) is 0 Å². The number of hydrogen-bond acceptors (Lipinski definition) is 7. The molecule has 0 aliphatic carbocycles. The zero-order valence-corrected chi connectivity index (χ0v) is 33.0. The standard InChI is InChI=1S/C43H54N4O6S/c1-6-8-23-52-24-25-53-37-16-11-32(12-17-37)33-13-20-40-35(26-33)27-34(10-9-22-46(40)29-43(4,5)42(49)50)41(48)45-36-14-18-38(19-15-36)54(51)28-39-31(3)47(21-7-2)30-44-39/h11-20,26-27,30H,6-10,21-25,28-29H2,1-5H3,(H,45,48)(H,49,50)/t54-/m0/s1. The normalized spacial score (nSPS) is 13.7. The zero-order valence-electron chi connectivity index (χ0n) is 32.2. The van der Waals surface area contributed by atoms with Gasteiger partial charge in [-0.1, -0.05) is 38.5 Å². The van der Waals surface area contributed by atoms with E-state index in [1.165, 1.54) is 0 Å². The number of carboxylic acids is 1. The second kappa shape index (κ2) is 19.0. The van der Waals surface area contributed by atoms with Crippen LogP contribution >= 0.6 is 0 Å². The van der Waals surface area contributed by atoms with Crippen LogP contribution in [-0.4, -0.2) is 63.7 Å². The number of nitrogens with one attached hydrogen (secondary N) is 1. The molecule has 1 amide bonds. The van der Waals surface area contributed by atoms with Gasteiger partial charge in [0.05, 0.1) is 40.6 Å². The Hall–Kier alpha value is -4.74. The number of aryl methyl sites for hydroxylation is 1. The molecule has 0 unspecified atom stereocenters. The Morgan fingerprint density at radius 3 is 2.41 bits per heavy atom. The molecular formula is C43H54N4O6S. The Labute approximate surface area is 322 Å². The van der Waals surface area contributed by atoms with Gasteiger partial charge in [-0.15, -0.1) is 0 Å². The third-order valence-corrected chi connectivity index (χ3v) is 11.0. The van der Waals surface area contributed by atoms with Crippen molar-refractivity contribution in [1.82, 2.24) is 9.55 Å². The van der Waals surface area contributed by atoms with Crippen molar-refractivity contribution in [3.05, 3.63) is 95.6 Å². The maximum absolute atomic E-state index is 13.8. The first-order chi connectivity index (χ1) is 26.0. The van der Waals surface area contributed by atoms with Crippen molar-refractivity contribution in [1.29, 1.82) is 0 Å². The molecule has 3 aromatic carbocycles. The Kier molecular flexibility index (Phi) is 14.3. The molecule has 0 fully saturated rings. The molecule has 0 bridgehead atoms. The molecule has 0 saturated carbocycles. The van der Waals surface area contributed by atoms with Crippen molar-refractivity contribution < 1.29 is 28.4 Å². The van der Waals surface area contributed by atoms with E-state index in [1.807, 2.05) is 55.7 Å². The smallest absolute Gasteiger partial charge is 0.310 e. The summed E-state index contributed by atoms with van der Waals surface area (Å²) < 4.78 is 26.8. The van der Waals surface area contributed by atoms with Gasteiger partial charge in [0.2, 0.25) is 0 Å². The van der Waals surface area contributed by atoms with Crippen LogP contribution < -0.4 is 15.0 Å². The van der Waals surface area contributed by atoms with Crippen LogP contribution in [0.1, 0.15) is 76.8 Å². The maximum atomic E-state index is 13.8. The van der Waals surface area contributed by atoms with Gasteiger partial charge in [-0.2, -0.15) is 0 Å². The number of fused-ring (bicyclic) bond motifs is 1. The van der Waals surface area contributed by atoms with Gasteiger partial charge < -0.3 is 29.4 Å². The van der Waals surface area contributed by atoms with Gasteiger partial charge in [0.25, 0.3) is 5.91 Å². The molecule has 5 rings (SSSR count). The Balaban J connectivity index is 1.34. The Morgan fingerprint density at radius 1 is 0.963 bits per heavy atom. The lowest BCUT2D eigenvalue weighted by molar-refractivity contribution is -0.146. The average molecular weight is 755 g/mol. The van der Waals surface area contributed by atoms with E-state index in [-0.39, 0.29) is 5.91 Å². The number of carboxylic acid groups (broad SMARTS) is 1. The SMILES string of the molecule is CCCCOCCOc1ccc(-c2ccc3c(c2)C=C(C(=O)Nc2ccc([S@@](=O)Cc4ncn(CCC)c4C)cc2)CCCN3CC(C)(C)C(=O)O)cc1. The van der Waals surface area contributed by atoms with Crippen LogP contribution in [0.2, 0.25) is 0 Å². The number of ether oxygens (including phenoxy) is 2. The third kappa shape index (κ3) is 10.7. The fourth-order valence-corrected chi connectivity index (χ4v) is 7.52. The number of rotatable bonds is 18. The third-order valence-electron chi connectivity index (χ3n) is 9.66. The quantitative estimate of drug-likeness (QED) is 0.0970. The molecule has 54 heavy (non-hydrogen) atoms. The van der Waals surface area contributed by atoms with E-state index in [0.717, 1.165) is 71.9 Å². The van der Waals surface area contributed by atoms with Crippen molar-refractivity contribution in [3.63, 3.8) is 0 Å². The molecule has 1 aliphatic heterocycles. The van der Waals surface area contributed by atoms with Crippen molar-refractivity contribution in [2.45, 2.75) is 83.9 Å². The second-order valence-corrected chi connectivity index (χ2v) is 15.9. The second-order valence-electron chi connectivity index (χ2n) is 14.4. The molecule has 288 valence electrons. The van der Waals surface area contributed by atoms with E-state index in [0.29, 0.717) is 61.1 Å². The number of imidazole rings is 1. The van der Waals surface area contributed by atoms with E-state index in [9.17, 15) is 18.9 Å². The summed E-state index contributed by atoms with van der Waals surface area (Å²) in [7, 11) is -1.28. The molecule has 0 radical (unpaired) electrons. The van der Waals surface area contributed by atoms with E-state index in [1.54, 1.807) is 38.1 Å². The summed E-state index contributed by atoms with van der Waals surface area (Å²) in [4.78, 5) is 33.2. The Bertz CT molecular complexity index is 1930.